The maximum Gasteiger partial charge on any atom is 0.427 e. The number of alkyl halides is 18. The summed E-state index contributed by atoms with van der Waals surface area (Å²) in [6.45, 7) is -9.62. The van der Waals surface area contributed by atoms with Crippen LogP contribution in [-0.4, -0.2) is 90.8 Å². The molecule has 0 heterocycles. The predicted molar refractivity (Wildman–Crippen MR) is 98.0 cm³/mol. The third-order valence-corrected chi connectivity index (χ3v) is 4.97. The summed E-state index contributed by atoms with van der Waals surface area (Å²) >= 11 is 0. The maximum absolute atomic E-state index is 14.2. The van der Waals surface area contributed by atoms with Crippen molar-refractivity contribution in [2.24, 2.45) is 5.41 Å². The Kier molecular flexibility index (Phi) is 11.0. The molecular weight excluding hydrogens is 668 g/mol. The van der Waals surface area contributed by atoms with Gasteiger partial charge in [-0.05, 0) is 20.8 Å². The van der Waals surface area contributed by atoms with Crippen LogP contribution in [0.4, 0.5) is 83.8 Å². The zero-order chi connectivity index (χ0) is 35.1. The minimum atomic E-state index is -8.16. The molecule has 256 valence electrons. The van der Waals surface area contributed by atoms with Crippen LogP contribution in [0.1, 0.15) is 20.8 Å². The van der Waals surface area contributed by atoms with Gasteiger partial charge in [0, 0.05) is 6.54 Å². The predicted octanol–water partition coefficient (Wildman–Crippen LogP) is 6.47. The van der Waals surface area contributed by atoms with E-state index in [1.54, 1.807) is 0 Å². The molecule has 0 radical (unpaired) electrons. The third kappa shape index (κ3) is 8.12. The summed E-state index contributed by atoms with van der Waals surface area (Å²) in [4.78, 5) is 24.1. The fraction of sp³-hybridized carbons (Fsp3) is 0.889. The van der Waals surface area contributed by atoms with Crippen LogP contribution in [0, 0.1) is 5.41 Å². The quantitative estimate of drug-likeness (QED) is 0.271. The number of carboxylic acid groups (broad SMARTS) is 1. The Morgan fingerprint density at radius 1 is 0.581 bits per heavy atom. The van der Waals surface area contributed by atoms with Crippen molar-refractivity contribution in [1.82, 2.24) is 5.32 Å². The zero-order valence-electron chi connectivity index (χ0n) is 20.9. The van der Waals surface area contributed by atoms with Gasteiger partial charge in [0.1, 0.15) is 18.8 Å². The van der Waals surface area contributed by atoms with Gasteiger partial charge in [-0.1, -0.05) is 0 Å². The minimum absolute atomic E-state index is 0.390. The van der Waals surface area contributed by atoms with Gasteiger partial charge in [-0.15, -0.1) is 0 Å². The van der Waals surface area contributed by atoms with Crippen molar-refractivity contribution in [2.45, 2.75) is 74.6 Å². The summed E-state index contributed by atoms with van der Waals surface area (Å²) < 4.78 is 257. The second kappa shape index (κ2) is 11.7. The van der Waals surface area contributed by atoms with Crippen LogP contribution in [-0.2, 0) is 19.0 Å². The fourth-order valence-corrected chi connectivity index (χ4v) is 3.64. The Hall–Kier alpha value is -2.60. The van der Waals surface area contributed by atoms with Crippen molar-refractivity contribution in [2.75, 3.05) is 19.8 Å². The molecule has 25 heteroatoms. The molecule has 0 atom stereocenters. The maximum atomic E-state index is 14.2. The largest absolute Gasteiger partial charge is 0.481 e. The number of carboxylic acids is 1. The van der Waals surface area contributed by atoms with Crippen LogP contribution in [0.15, 0.2) is 0 Å². The van der Waals surface area contributed by atoms with E-state index in [1.165, 1.54) is 0 Å². The van der Waals surface area contributed by atoms with Gasteiger partial charge in [-0.2, -0.15) is 79.0 Å². The molecule has 0 aliphatic heterocycles. The number of hydrogen-bond acceptors (Lipinski definition) is 5. The van der Waals surface area contributed by atoms with E-state index in [1.807, 2.05) is 0 Å². The second-order valence-electron chi connectivity index (χ2n) is 9.23. The lowest BCUT2D eigenvalue weighted by Crippen LogP contribution is -2.86. The molecule has 7 nitrogen and oxygen atoms in total. The molecule has 0 bridgehead atoms. The lowest BCUT2D eigenvalue weighted by Gasteiger charge is -2.56. The molecule has 0 aromatic heterocycles. The highest BCUT2D eigenvalue weighted by atomic mass is 19.4. The topological polar surface area (TPSA) is 94.1 Å². The first kappa shape index (κ1) is 40.4. The molecule has 0 saturated heterocycles. The molecule has 0 fully saturated rings. The summed E-state index contributed by atoms with van der Waals surface area (Å²) in [5, 5.41) is 9.83. The number of aliphatic carboxylic acids is 1. The number of amides is 1. The average Bonchev–Trinajstić information content (AvgIpc) is 2.64. The smallest absolute Gasteiger partial charge is 0.427 e. The molecule has 0 aromatic rings. The molecule has 0 rings (SSSR count). The highest BCUT2D eigenvalue weighted by molar-refractivity contribution is 5.81. The average molecular weight is 685 g/mol. The van der Waals surface area contributed by atoms with Gasteiger partial charge in [0.15, 0.2) is 5.41 Å². The van der Waals surface area contributed by atoms with Crippen molar-refractivity contribution in [3.63, 3.8) is 0 Å². The zero-order valence-corrected chi connectivity index (χ0v) is 20.9. The number of ether oxygens (including phenoxy) is 3. The van der Waals surface area contributed by atoms with Crippen molar-refractivity contribution < 1.29 is 108 Å². The highest BCUT2D eigenvalue weighted by Crippen LogP contribution is 2.67. The first-order valence-corrected chi connectivity index (χ1v) is 10.3. The van der Waals surface area contributed by atoms with Gasteiger partial charge in [-0.25, -0.2) is 4.79 Å². The van der Waals surface area contributed by atoms with Crippen LogP contribution in [0.5, 0.6) is 0 Å². The van der Waals surface area contributed by atoms with E-state index < -0.39 is 91.1 Å². The Morgan fingerprint density at radius 2 is 0.860 bits per heavy atom. The van der Waals surface area contributed by atoms with Gasteiger partial charge < -0.3 is 24.6 Å². The Bertz CT molecular complexity index is 901. The fourth-order valence-electron chi connectivity index (χ4n) is 3.64. The molecule has 0 spiro atoms. The number of carbonyl (C=O) groups excluding carboxylic acids is 1. The number of rotatable bonds is 9. The molecule has 0 aromatic carbocycles. The summed E-state index contributed by atoms with van der Waals surface area (Å²) in [6.07, 6.45) is -48.3. The van der Waals surface area contributed by atoms with Crippen molar-refractivity contribution >= 4 is 12.1 Å². The molecule has 0 unspecified atom stereocenters. The Labute approximate surface area is 226 Å². The number of carbonyl (C=O) groups is 2. The van der Waals surface area contributed by atoms with Crippen LogP contribution in [0.3, 0.4) is 0 Å². The van der Waals surface area contributed by atoms with Crippen LogP contribution < -0.4 is 5.32 Å². The number of hydrogen-bond donors (Lipinski definition) is 2. The van der Waals surface area contributed by atoms with Gasteiger partial charge in [0.05, 0.1) is 0 Å². The first-order chi connectivity index (χ1) is 18.5. The monoisotopic (exact) mass is 685 g/mol. The standard InChI is InChI=1S/C18H17F18NO6/c1-9(2,3)43-8(40)37-4-10(7(38)39,13(15(25,26)27,16(28,29)30)41-5-11(19,20)21)14(17(31,32)33,18(34,35)36)42-6-12(22,23)24/h4-6H2,1-3H3,(H,37,40)(H,38,39). The van der Waals surface area contributed by atoms with Gasteiger partial charge in [-0.3, -0.25) is 4.79 Å². The van der Waals surface area contributed by atoms with E-state index in [0.717, 1.165) is 20.8 Å². The van der Waals surface area contributed by atoms with E-state index >= 15 is 0 Å². The molecule has 2 N–H and O–H groups in total. The molecular formula is C18H17F18NO6. The third-order valence-electron chi connectivity index (χ3n) is 4.97. The lowest BCUT2D eigenvalue weighted by molar-refractivity contribution is -0.485. The van der Waals surface area contributed by atoms with Crippen molar-refractivity contribution in [1.29, 1.82) is 0 Å². The van der Waals surface area contributed by atoms with Crippen molar-refractivity contribution in [3.8, 4) is 0 Å². The second-order valence-corrected chi connectivity index (χ2v) is 9.23. The summed E-state index contributed by atoms with van der Waals surface area (Å²) in [7, 11) is 0. The Balaban J connectivity index is 8.77. The van der Waals surface area contributed by atoms with E-state index in [0.29, 0.717) is 5.32 Å². The van der Waals surface area contributed by atoms with Gasteiger partial charge in [0.25, 0.3) is 11.2 Å². The van der Waals surface area contributed by atoms with Gasteiger partial charge >= 0.3 is 49.1 Å². The van der Waals surface area contributed by atoms with E-state index in [-0.39, 0.29) is 0 Å². The first-order valence-electron chi connectivity index (χ1n) is 10.3. The molecule has 43 heavy (non-hydrogen) atoms. The van der Waals surface area contributed by atoms with E-state index in [2.05, 4.69) is 14.2 Å². The molecule has 0 aliphatic rings. The molecule has 0 aliphatic carbocycles. The molecule has 1 amide bonds. The number of nitrogens with one attached hydrogen (secondary N) is 1. The van der Waals surface area contributed by atoms with Crippen molar-refractivity contribution in [3.05, 3.63) is 0 Å². The van der Waals surface area contributed by atoms with E-state index in [9.17, 15) is 93.7 Å². The Morgan fingerprint density at radius 3 is 1.05 bits per heavy atom. The normalized spacial score (nSPS) is 15.4. The minimum Gasteiger partial charge on any atom is -0.481 e. The van der Waals surface area contributed by atoms with Crippen LogP contribution in [0.25, 0.3) is 0 Å². The summed E-state index contributed by atoms with van der Waals surface area (Å²) in [6, 6.07) is 0. The summed E-state index contributed by atoms with van der Waals surface area (Å²) in [5.74, 6) is -4.70. The summed E-state index contributed by atoms with van der Waals surface area (Å²) in [5.41, 5.74) is -25.1. The van der Waals surface area contributed by atoms with Gasteiger partial charge in [0.2, 0.25) is 0 Å². The lowest BCUT2D eigenvalue weighted by atomic mass is 9.58. The van der Waals surface area contributed by atoms with E-state index in [4.69, 9.17) is 0 Å². The number of halogens is 18. The SMILES string of the molecule is CC(C)(C)OC(=O)NCC(C(=O)O)(C(OCC(F)(F)F)(C(F)(F)F)C(F)(F)F)C(OCC(F)(F)F)(C(F)(F)F)C(F)(F)F. The molecule has 0 saturated carbocycles. The van der Waals surface area contributed by atoms with Crippen LogP contribution in [0.2, 0.25) is 0 Å². The highest BCUT2D eigenvalue weighted by Gasteiger charge is 2.97. The number of alkyl carbamates (subject to hydrolysis) is 1. The van der Waals surface area contributed by atoms with Crippen LogP contribution >= 0.6 is 0 Å².